The van der Waals surface area contributed by atoms with Gasteiger partial charge < -0.3 is 5.32 Å². The van der Waals surface area contributed by atoms with Gasteiger partial charge in [-0.25, -0.2) is 0 Å². The summed E-state index contributed by atoms with van der Waals surface area (Å²) in [7, 11) is 0. The maximum atomic E-state index is 12.7. The second-order valence-electron chi connectivity index (χ2n) is 6.66. The van der Waals surface area contributed by atoms with Gasteiger partial charge in [-0.1, -0.05) is 26.0 Å². The predicted octanol–water partition coefficient (Wildman–Crippen LogP) is 4.93. The average molecular weight is 387 g/mol. The minimum atomic E-state index is -4.28. The maximum Gasteiger partial charge on any atom is 0.416 e. The van der Waals surface area contributed by atoms with E-state index < -0.39 is 11.7 Å². The van der Waals surface area contributed by atoms with E-state index in [9.17, 15) is 13.2 Å². The molecule has 0 aliphatic carbocycles. The molecular formula is C17H27Cl2F3N2. The summed E-state index contributed by atoms with van der Waals surface area (Å²) in [5.74, 6) is 0.337. The van der Waals surface area contributed by atoms with Crippen molar-refractivity contribution in [2.24, 2.45) is 5.92 Å². The number of piperazine rings is 1. The van der Waals surface area contributed by atoms with E-state index >= 15 is 0 Å². The van der Waals surface area contributed by atoms with Crippen LogP contribution in [-0.2, 0) is 6.18 Å². The van der Waals surface area contributed by atoms with E-state index in [4.69, 9.17) is 0 Å². The molecule has 1 heterocycles. The lowest BCUT2D eigenvalue weighted by molar-refractivity contribution is -0.137. The lowest BCUT2D eigenvalue weighted by atomic mass is 9.91. The van der Waals surface area contributed by atoms with E-state index in [1.165, 1.54) is 12.1 Å². The Morgan fingerprint density at radius 1 is 1.08 bits per heavy atom. The number of benzene rings is 1. The SMILES string of the molecule is CC(C)C(c1ccc(C(F)(F)F)cc1)N1C[C@H](C)NC[C@H]1C.Cl.Cl. The fraction of sp³-hybridized carbons (Fsp3) is 0.647. The quantitative estimate of drug-likeness (QED) is 0.791. The Bertz CT molecular complexity index is 492. The molecule has 1 aromatic rings. The van der Waals surface area contributed by atoms with Gasteiger partial charge in [0.1, 0.15) is 0 Å². The number of alkyl halides is 3. The zero-order chi connectivity index (χ0) is 16.5. The lowest BCUT2D eigenvalue weighted by Crippen LogP contribution is -2.56. The Morgan fingerprint density at radius 3 is 2.08 bits per heavy atom. The number of rotatable bonds is 3. The molecule has 1 N–H and O–H groups in total. The van der Waals surface area contributed by atoms with Gasteiger partial charge in [-0.05, 0) is 37.5 Å². The molecule has 1 unspecified atom stereocenters. The van der Waals surface area contributed by atoms with Crippen LogP contribution in [0.15, 0.2) is 24.3 Å². The molecule has 1 fully saturated rings. The molecule has 0 radical (unpaired) electrons. The molecule has 2 nitrogen and oxygen atoms in total. The zero-order valence-electron chi connectivity index (χ0n) is 14.4. The van der Waals surface area contributed by atoms with Crippen LogP contribution >= 0.6 is 24.8 Å². The third-order valence-electron chi connectivity index (χ3n) is 4.38. The summed E-state index contributed by atoms with van der Waals surface area (Å²) >= 11 is 0. The van der Waals surface area contributed by atoms with Gasteiger partial charge >= 0.3 is 6.18 Å². The van der Waals surface area contributed by atoms with Gasteiger partial charge in [-0.3, -0.25) is 4.90 Å². The van der Waals surface area contributed by atoms with Gasteiger partial charge in [0.05, 0.1) is 5.56 Å². The first-order valence-corrected chi connectivity index (χ1v) is 7.86. The summed E-state index contributed by atoms with van der Waals surface area (Å²) in [6.45, 7) is 10.4. The first kappa shape index (κ1) is 23.5. The monoisotopic (exact) mass is 386 g/mol. The molecule has 1 aliphatic heterocycles. The first-order chi connectivity index (χ1) is 10.2. The van der Waals surface area contributed by atoms with E-state index in [1.807, 2.05) is 0 Å². The van der Waals surface area contributed by atoms with Crippen molar-refractivity contribution in [1.29, 1.82) is 0 Å². The van der Waals surface area contributed by atoms with Gasteiger partial charge in [0.25, 0.3) is 0 Å². The van der Waals surface area contributed by atoms with Crippen LogP contribution in [0, 0.1) is 5.92 Å². The Hall–Kier alpha value is -0.490. The summed E-state index contributed by atoms with van der Waals surface area (Å²) in [5.41, 5.74) is 0.379. The van der Waals surface area contributed by atoms with E-state index in [1.54, 1.807) is 12.1 Å². The van der Waals surface area contributed by atoms with Crippen molar-refractivity contribution >= 4 is 24.8 Å². The van der Waals surface area contributed by atoms with Crippen molar-refractivity contribution in [2.45, 2.75) is 52.0 Å². The number of nitrogens with zero attached hydrogens (tertiary/aromatic N) is 1. The molecule has 7 heteroatoms. The smallest absolute Gasteiger partial charge is 0.311 e. The second-order valence-corrected chi connectivity index (χ2v) is 6.66. The molecule has 140 valence electrons. The van der Waals surface area contributed by atoms with Crippen LogP contribution in [0.25, 0.3) is 0 Å². The van der Waals surface area contributed by atoms with Gasteiger partial charge in [-0.2, -0.15) is 13.2 Å². The first-order valence-electron chi connectivity index (χ1n) is 7.86. The third kappa shape index (κ3) is 5.51. The molecule has 0 bridgehead atoms. The highest BCUT2D eigenvalue weighted by Gasteiger charge is 2.33. The Kier molecular flexibility index (Phi) is 9.09. The van der Waals surface area contributed by atoms with Gasteiger partial charge in [-0.15, -0.1) is 24.8 Å². The van der Waals surface area contributed by atoms with E-state index in [2.05, 4.69) is 37.9 Å². The zero-order valence-corrected chi connectivity index (χ0v) is 16.1. The lowest BCUT2D eigenvalue weighted by Gasteiger charge is -2.44. The topological polar surface area (TPSA) is 15.3 Å². The normalized spacial score (nSPS) is 23.3. The molecular weight excluding hydrogens is 360 g/mol. The Balaban J connectivity index is 0.00000264. The molecule has 1 saturated heterocycles. The van der Waals surface area contributed by atoms with Crippen molar-refractivity contribution in [3.8, 4) is 0 Å². The van der Waals surface area contributed by atoms with Crippen molar-refractivity contribution in [2.75, 3.05) is 13.1 Å². The summed E-state index contributed by atoms with van der Waals surface area (Å²) in [4.78, 5) is 2.41. The van der Waals surface area contributed by atoms with E-state index in [0.717, 1.165) is 18.7 Å². The van der Waals surface area contributed by atoms with Crippen molar-refractivity contribution in [3.63, 3.8) is 0 Å². The van der Waals surface area contributed by atoms with Crippen molar-refractivity contribution in [3.05, 3.63) is 35.4 Å². The fourth-order valence-corrected chi connectivity index (χ4v) is 3.27. The number of hydrogen-bond donors (Lipinski definition) is 1. The van der Waals surface area contributed by atoms with Crippen LogP contribution in [0.4, 0.5) is 13.2 Å². The van der Waals surface area contributed by atoms with Gasteiger partial charge in [0, 0.05) is 31.2 Å². The summed E-state index contributed by atoms with van der Waals surface area (Å²) in [5, 5.41) is 3.45. The van der Waals surface area contributed by atoms with Crippen LogP contribution in [-0.4, -0.2) is 30.1 Å². The van der Waals surface area contributed by atoms with Crippen molar-refractivity contribution in [1.82, 2.24) is 10.2 Å². The standard InChI is InChI=1S/C17H25F3N2.2ClH/c1-11(2)16(22-10-12(3)21-9-13(22)4)14-5-7-15(8-6-14)17(18,19)20;;/h5-8,11-13,16,21H,9-10H2,1-4H3;2*1H/t12-,13+,16?;;/m0../s1. The van der Waals surface area contributed by atoms with Crippen LogP contribution < -0.4 is 5.32 Å². The molecule has 0 spiro atoms. The Morgan fingerprint density at radius 2 is 1.62 bits per heavy atom. The van der Waals surface area contributed by atoms with Crippen LogP contribution in [0.3, 0.4) is 0 Å². The average Bonchev–Trinajstić information content (AvgIpc) is 2.42. The molecule has 0 aromatic heterocycles. The number of nitrogens with one attached hydrogen (secondary N) is 1. The predicted molar refractivity (Wildman–Crippen MR) is 97.2 cm³/mol. The van der Waals surface area contributed by atoms with Crippen LogP contribution in [0.5, 0.6) is 0 Å². The largest absolute Gasteiger partial charge is 0.416 e. The number of halogens is 5. The van der Waals surface area contributed by atoms with Gasteiger partial charge in [0.2, 0.25) is 0 Å². The summed E-state index contributed by atoms with van der Waals surface area (Å²) in [6.07, 6.45) is -4.28. The molecule has 3 atom stereocenters. The highest BCUT2D eigenvalue weighted by molar-refractivity contribution is 5.85. The maximum absolute atomic E-state index is 12.7. The van der Waals surface area contributed by atoms with Crippen molar-refractivity contribution < 1.29 is 13.2 Å². The highest BCUT2D eigenvalue weighted by Crippen LogP contribution is 2.34. The summed E-state index contributed by atoms with van der Waals surface area (Å²) in [6, 6.07) is 6.56. The fourth-order valence-electron chi connectivity index (χ4n) is 3.27. The molecule has 2 rings (SSSR count). The molecule has 1 aliphatic rings. The minimum absolute atomic E-state index is 0. The van der Waals surface area contributed by atoms with E-state index in [-0.39, 0.29) is 30.9 Å². The highest BCUT2D eigenvalue weighted by atomic mass is 35.5. The number of hydrogen-bond acceptors (Lipinski definition) is 2. The second kappa shape index (κ2) is 9.27. The minimum Gasteiger partial charge on any atom is -0.311 e. The third-order valence-corrected chi connectivity index (χ3v) is 4.38. The van der Waals surface area contributed by atoms with E-state index in [0.29, 0.717) is 18.0 Å². The van der Waals surface area contributed by atoms with Crippen LogP contribution in [0.2, 0.25) is 0 Å². The van der Waals surface area contributed by atoms with Crippen LogP contribution in [0.1, 0.15) is 44.9 Å². The van der Waals surface area contributed by atoms with Gasteiger partial charge in [0.15, 0.2) is 0 Å². The Labute approximate surface area is 155 Å². The molecule has 0 saturated carbocycles. The molecule has 0 amide bonds. The molecule has 24 heavy (non-hydrogen) atoms. The summed E-state index contributed by atoms with van der Waals surface area (Å²) < 4.78 is 38.2. The molecule has 1 aromatic carbocycles.